The van der Waals surface area contributed by atoms with E-state index in [0.29, 0.717) is 18.2 Å². The van der Waals surface area contributed by atoms with Crippen LogP contribution < -0.4 is 10.6 Å². The van der Waals surface area contributed by atoms with Crippen LogP contribution in [0.1, 0.15) is 28.5 Å². The minimum atomic E-state index is -0.237. The quantitative estimate of drug-likeness (QED) is 0.680. The number of hydrogen-bond acceptors (Lipinski definition) is 4. The monoisotopic (exact) mass is 346 g/mol. The predicted molar refractivity (Wildman–Crippen MR) is 104 cm³/mol. The van der Waals surface area contributed by atoms with E-state index in [1.54, 1.807) is 12.3 Å². The van der Waals surface area contributed by atoms with Crippen LogP contribution in [0.4, 0.5) is 11.6 Å². The minimum absolute atomic E-state index is 0.237. The molecule has 2 N–H and O–H groups in total. The van der Waals surface area contributed by atoms with Gasteiger partial charge < -0.3 is 10.6 Å². The Labute approximate surface area is 153 Å². The van der Waals surface area contributed by atoms with Crippen molar-refractivity contribution in [2.24, 2.45) is 0 Å². The predicted octanol–water partition coefficient (Wildman–Crippen LogP) is 3.95. The lowest BCUT2D eigenvalue weighted by atomic mass is 10.1. The average molecular weight is 346 g/mol. The number of nitrogens with one attached hydrogen (secondary N) is 2. The van der Waals surface area contributed by atoms with Gasteiger partial charge in [-0.15, -0.1) is 0 Å². The second-order valence-electron chi connectivity index (χ2n) is 5.89. The maximum Gasteiger partial charge on any atom is 0.274 e. The molecule has 26 heavy (non-hydrogen) atoms. The molecule has 0 saturated heterocycles. The van der Waals surface area contributed by atoms with Crippen LogP contribution in [0, 0.1) is 0 Å². The first-order valence-corrected chi connectivity index (χ1v) is 8.76. The van der Waals surface area contributed by atoms with E-state index in [1.165, 1.54) is 5.56 Å². The molecule has 2 aromatic carbocycles. The highest BCUT2D eigenvalue weighted by atomic mass is 16.1. The van der Waals surface area contributed by atoms with Gasteiger partial charge in [-0.2, -0.15) is 0 Å². The number of carbonyl (C=O) groups excluding carboxylic acids is 1. The molecular weight excluding hydrogens is 324 g/mol. The van der Waals surface area contributed by atoms with E-state index >= 15 is 0 Å². The van der Waals surface area contributed by atoms with E-state index in [0.717, 1.165) is 24.1 Å². The van der Waals surface area contributed by atoms with Crippen LogP contribution in [0.3, 0.4) is 0 Å². The molecule has 132 valence electrons. The minimum Gasteiger partial charge on any atom is -0.354 e. The van der Waals surface area contributed by atoms with Gasteiger partial charge in [0.05, 0.1) is 0 Å². The van der Waals surface area contributed by atoms with Gasteiger partial charge in [0.2, 0.25) is 5.95 Å². The maximum absolute atomic E-state index is 12.5. The molecule has 0 aliphatic rings. The number of benzene rings is 2. The Morgan fingerprint density at radius 1 is 1.00 bits per heavy atom. The van der Waals surface area contributed by atoms with E-state index in [4.69, 9.17) is 0 Å². The fourth-order valence-electron chi connectivity index (χ4n) is 2.67. The molecule has 1 amide bonds. The summed E-state index contributed by atoms with van der Waals surface area (Å²) in [4.78, 5) is 21.0. The van der Waals surface area contributed by atoms with Gasteiger partial charge in [0.15, 0.2) is 0 Å². The first-order chi connectivity index (χ1) is 12.8. The molecule has 5 nitrogen and oxygen atoms in total. The molecule has 0 radical (unpaired) electrons. The number of nitrogens with zero attached hydrogens (tertiary/aromatic N) is 2. The van der Waals surface area contributed by atoms with Crippen molar-refractivity contribution in [3.05, 3.63) is 83.7 Å². The van der Waals surface area contributed by atoms with Gasteiger partial charge >= 0.3 is 0 Å². The van der Waals surface area contributed by atoms with Crippen LogP contribution in [0.5, 0.6) is 0 Å². The van der Waals surface area contributed by atoms with Crippen molar-refractivity contribution < 1.29 is 4.79 Å². The Kier molecular flexibility index (Phi) is 5.93. The number of rotatable bonds is 7. The van der Waals surface area contributed by atoms with Gasteiger partial charge in [0, 0.05) is 18.4 Å². The van der Waals surface area contributed by atoms with E-state index in [9.17, 15) is 4.79 Å². The fraction of sp³-hybridized carbons (Fsp3) is 0.190. The van der Waals surface area contributed by atoms with Crippen LogP contribution in [-0.2, 0) is 12.8 Å². The molecule has 5 heteroatoms. The second kappa shape index (κ2) is 8.76. The summed E-state index contributed by atoms with van der Waals surface area (Å²) in [5.41, 5.74) is 3.49. The number of aromatic nitrogens is 2. The Morgan fingerprint density at radius 3 is 2.58 bits per heavy atom. The van der Waals surface area contributed by atoms with E-state index in [-0.39, 0.29) is 5.91 Å². The number of para-hydroxylation sites is 1. The van der Waals surface area contributed by atoms with Crippen LogP contribution >= 0.6 is 0 Å². The van der Waals surface area contributed by atoms with Crippen molar-refractivity contribution in [1.82, 2.24) is 9.97 Å². The third-order valence-electron chi connectivity index (χ3n) is 4.07. The molecule has 0 aliphatic heterocycles. The Hall–Kier alpha value is -3.21. The summed E-state index contributed by atoms with van der Waals surface area (Å²) in [5, 5.41) is 6.10. The van der Waals surface area contributed by atoms with E-state index < -0.39 is 0 Å². The number of aryl methyl sites for hydroxylation is 1. The molecule has 0 saturated carbocycles. The zero-order chi connectivity index (χ0) is 18.2. The summed E-state index contributed by atoms with van der Waals surface area (Å²) in [7, 11) is 0. The molecule has 0 fully saturated rings. The molecule has 3 rings (SSSR count). The van der Waals surface area contributed by atoms with Gasteiger partial charge in [0.1, 0.15) is 5.69 Å². The summed E-state index contributed by atoms with van der Waals surface area (Å²) in [6, 6.07) is 19.6. The van der Waals surface area contributed by atoms with Crippen molar-refractivity contribution in [3.8, 4) is 0 Å². The highest BCUT2D eigenvalue weighted by molar-refractivity contribution is 6.03. The fourth-order valence-corrected chi connectivity index (χ4v) is 2.67. The lowest BCUT2D eigenvalue weighted by Gasteiger charge is -2.10. The summed E-state index contributed by atoms with van der Waals surface area (Å²) in [5.74, 6) is 0.219. The summed E-state index contributed by atoms with van der Waals surface area (Å²) in [6.07, 6.45) is 3.31. The lowest BCUT2D eigenvalue weighted by molar-refractivity contribution is 0.102. The second-order valence-corrected chi connectivity index (χ2v) is 5.89. The number of amides is 1. The summed E-state index contributed by atoms with van der Waals surface area (Å²) >= 11 is 0. The molecule has 1 aromatic heterocycles. The third kappa shape index (κ3) is 4.66. The maximum atomic E-state index is 12.5. The lowest BCUT2D eigenvalue weighted by Crippen LogP contribution is -2.16. The normalized spacial score (nSPS) is 10.3. The number of carbonyl (C=O) groups is 1. The largest absolute Gasteiger partial charge is 0.354 e. The van der Waals surface area contributed by atoms with Crippen LogP contribution in [0.2, 0.25) is 0 Å². The Morgan fingerprint density at radius 2 is 1.77 bits per heavy atom. The first kappa shape index (κ1) is 17.6. The molecule has 0 spiro atoms. The first-order valence-electron chi connectivity index (χ1n) is 8.76. The van der Waals surface area contributed by atoms with Gasteiger partial charge in [0.25, 0.3) is 5.91 Å². The smallest absolute Gasteiger partial charge is 0.274 e. The van der Waals surface area contributed by atoms with E-state index in [2.05, 4.69) is 39.7 Å². The molecule has 1 heterocycles. The van der Waals surface area contributed by atoms with Crippen molar-refractivity contribution in [3.63, 3.8) is 0 Å². The van der Waals surface area contributed by atoms with E-state index in [1.807, 2.05) is 42.5 Å². The highest BCUT2D eigenvalue weighted by Gasteiger charge is 2.11. The van der Waals surface area contributed by atoms with Gasteiger partial charge in [-0.25, -0.2) is 9.97 Å². The average Bonchev–Trinajstić information content (AvgIpc) is 2.69. The Bertz CT molecular complexity index is 865. The molecule has 3 aromatic rings. The van der Waals surface area contributed by atoms with Crippen molar-refractivity contribution in [2.45, 2.75) is 19.8 Å². The number of anilines is 2. The summed E-state index contributed by atoms with van der Waals surface area (Å²) in [6.45, 7) is 2.76. The molecule has 0 atom stereocenters. The SMILES string of the molecule is CCc1ccccc1NC(=O)c1ccnc(NCCc2ccccc2)n1. The van der Waals surface area contributed by atoms with Crippen LogP contribution in [0.25, 0.3) is 0 Å². The van der Waals surface area contributed by atoms with Crippen molar-refractivity contribution in [2.75, 3.05) is 17.2 Å². The molecular formula is C21H22N4O. The molecule has 0 aliphatic carbocycles. The van der Waals surface area contributed by atoms with Gasteiger partial charge in [-0.05, 0) is 36.1 Å². The zero-order valence-electron chi connectivity index (χ0n) is 14.8. The third-order valence-corrected chi connectivity index (χ3v) is 4.07. The molecule has 0 bridgehead atoms. The van der Waals surface area contributed by atoms with Crippen molar-refractivity contribution in [1.29, 1.82) is 0 Å². The molecule has 0 unspecified atom stereocenters. The zero-order valence-corrected chi connectivity index (χ0v) is 14.8. The highest BCUT2D eigenvalue weighted by Crippen LogP contribution is 2.16. The topological polar surface area (TPSA) is 66.9 Å². The van der Waals surface area contributed by atoms with Crippen molar-refractivity contribution >= 4 is 17.5 Å². The van der Waals surface area contributed by atoms with Gasteiger partial charge in [-0.3, -0.25) is 4.79 Å². The standard InChI is InChI=1S/C21H22N4O/c1-2-17-10-6-7-11-18(17)24-20(26)19-13-15-23-21(25-19)22-14-12-16-8-4-3-5-9-16/h3-11,13,15H,2,12,14H2,1H3,(H,24,26)(H,22,23,25). The number of hydrogen-bond donors (Lipinski definition) is 2. The van der Waals surface area contributed by atoms with Gasteiger partial charge in [-0.1, -0.05) is 55.5 Å². The van der Waals surface area contributed by atoms with Crippen LogP contribution in [0.15, 0.2) is 66.9 Å². The summed E-state index contributed by atoms with van der Waals surface area (Å²) < 4.78 is 0. The van der Waals surface area contributed by atoms with Crippen LogP contribution in [-0.4, -0.2) is 22.4 Å². The Balaban J connectivity index is 1.62.